The maximum Gasteiger partial charge on any atom is 0.435 e. The van der Waals surface area contributed by atoms with Crippen LogP contribution in [-0.2, 0) is 12.7 Å². The molecule has 4 rings (SSSR count). The Morgan fingerprint density at radius 2 is 1.95 bits per heavy atom. The van der Waals surface area contributed by atoms with Crippen molar-refractivity contribution in [1.82, 2.24) is 19.2 Å². The standard InChI is InChI=1S/C30H29ClF3N7O3/c1-17-5-7-20(14-24(17)31)37-18(2)36-15-22(28(35)41-10-9-26(38-41)30(32,33)34)19-6-8-25-21(13-19)27(42)23(29(43)44)16-40(25)12-11-39(3)4/h5-10,13-16,37H,2,11-12,35H2,1,3-4H3,(H,43,44)/b28-22-,36-15-. The fraction of sp³-hybridized carbons (Fsp3) is 0.200. The number of carbonyl (C=O) groups is 1. The topological polar surface area (TPSA) is 131 Å². The molecule has 2 aromatic heterocycles. The summed E-state index contributed by atoms with van der Waals surface area (Å²) in [7, 11) is 3.71. The molecule has 4 N–H and O–H groups in total. The minimum atomic E-state index is -4.71. The number of benzene rings is 2. The van der Waals surface area contributed by atoms with Crippen LogP contribution in [0.3, 0.4) is 0 Å². The van der Waals surface area contributed by atoms with Crippen LogP contribution in [0.1, 0.15) is 27.2 Å². The number of rotatable bonds is 10. The number of nitrogens with zero attached hydrogens (tertiary/aromatic N) is 5. The first kappa shape index (κ1) is 32.0. The second kappa shape index (κ2) is 12.8. The number of carboxylic acids is 1. The fourth-order valence-electron chi connectivity index (χ4n) is 4.24. The lowest BCUT2D eigenvalue weighted by Crippen LogP contribution is -2.23. The lowest BCUT2D eigenvalue weighted by Gasteiger charge is -2.16. The summed E-state index contributed by atoms with van der Waals surface area (Å²) >= 11 is 6.20. The van der Waals surface area contributed by atoms with Crippen LogP contribution in [0, 0.1) is 6.92 Å². The highest BCUT2D eigenvalue weighted by atomic mass is 35.5. The van der Waals surface area contributed by atoms with E-state index in [0.29, 0.717) is 29.3 Å². The number of pyridine rings is 1. The zero-order valence-electron chi connectivity index (χ0n) is 24.0. The Kier molecular flexibility index (Phi) is 9.30. The monoisotopic (exact) mass is 627 g/mol. The van der Waals surface area contributed by atoms with Crippen molar-refractivity contribution < 1.29 is 23.1 Å². The van der Waals surface area contributed by atoms with Gasteiger partial charge in [-0.25, -0.2) is 14.5 Å². The van der Waals surface area contributed by atoms with E-state index in [4.69, 9.17) is 17.3 Å². The number of alkyl halides is 3. The molecule has 0 atom stereocenters. The van der Waals surface area contributed by atoms with Crippen molar-refractivity contribution in [3.05, 3.63) is 105 Å². The predicted molar refractivity (Wildman–Crippen MR) is 166 cm³/mol. The van der Waals surface area contributed by atoms with E-state index in [1.807, 2.05) is 25.9 Å². The van der Waals surface area contributed by atoms with Gasteiger partial charge in [0, 0.05) is 53.4 Å². The molecule has 0 saturated carbocycles. The molecule has 0 radical (unpaired) electrons. The van der Waals surface area contributed by atoms with Crippen molar-refractivity contribution in [3.8, 4) is 0 Å². The maximum absolute atomic E-state index is 13.3. The number of hydrogen-bond acceptors (Lipinski definition) is 7. The molecule has 0 aliphatic rings. The van der Waals surface area contributed by atoms with E-state index in [1.54, 1.807) is 34.9 Å². The number of aromatic carboxylic acids is 1. The normalized spacial score (nSPS) is 12.6. The van der Waals surface area contributed by atoms with Crippen molar-refractivity contribution in [1.29, 1.82) is 0 Å². The summed E-state index contributed by atoms with van der Waals surface area (Å²) in [4.78, 5) is 31.4. The summed E-state index contributed by atoms with van der Waals surface area (Å²) in [5.74, 6) is -1.49. The number of aryl methyl sites for hydroxylation is 1. The average molecular weight is 628 g/mol. The van der Waals surface area contributed by atoms with E-state index >= 15 is 0 Å². The smallest absolute Gasteiger partial charge is 0.435 e. The highest BCUT2D eigenvalue weighted by Crippen LogP contribution is 2.29. The molecule has 0 saturated heterocycles. The zero-order valence-corrected chi connectivity index (χ0v) is 24.7. The molecule has 0 unspecified atom stereocenters. The quantitative estimate of drug-likeness (QED) is 0.201. The van der Waals surface area contributed by atoms with Crippen molar-refractivity contribution in [2.45, 2.75) is 19.6 Å². The van der Waals surface area contributed by atoms with Gasteiger partial charge in [0.2, 0.25) is 5.43 Å². The number of carboxylic acid groups (broad SMARTS) is 1. The highest BCUT2D eigenvalue weighted by Gasteiger charge is 2.34. The highest BCUT2D eigenvalue weighted by molar-refractivity contribution is 6.31. The predicted octanol–water partition coefficient (Wildman–Crippen LogP) is 5.38. The molecule has 14 heteroatoms. The zero-order chi connectivity index (χ0) is 32.3. The summed E-state index contributed by atoms with van der Waals surface area (Å²) in [5.41, 5.74) is 6.30. The third kappa shape index (κ3) is 7.18. The Morgan fingerprint density at radius 1 is 1.23 bits per heavy atom. The molecule has 0 amide bonds. The maximum atomic E-state index is 13.3. The third-order valence-electron chi connectivity index (χ3n) is 6.62. The van der Waals surface area contributed by atoms with Gasteiger partial charge in [-0.1, -0.05) is 30.3 Å². The first-order chi connectivity index (χ1) is 20.6. The molecule has 0 spiro atoms. The van der Waals surface area contributed by atoms with Crippen LogP contribution in [0.5, 0.6) is 0 Å². The van der Waals surface area contributed by atoms with Gasteiger partial charge in [0.15, 0.2) is 5.69 Å². The Morgan fingerprint density at radius 3 is 2.57 bits per heavy atom. The van der Waals surface area contributed by atoms with Gasteiger partial charge in [0.05, 0.1) is 5.52 Å². The lowest BCUT2D eigenvalue weighted by atomic mass is 10.0. The molecule has 44 heavy (non-hydrogen) atoms. The van der Waals surface area contributed by atoms with Crippen LogP contribution in [0.25, 0.3) is 22.3 Å². The summed E-state index contributed by atoms with van der Waals surface area (Å²) < 4.78 is 42.4. The van der Waals surface area contributed by atoms with Gasteiger partial charge >= 0.3 is 12.1 Å². The van der Waals surface area contributed by atoms with Crippen molar-refractivity contribution >= 4 is 51.8 Å². The molecular weight excluding hydrogens is 599 g/mol. The van der Waals surface area contributed by atoms with Crippen LogP contribution in [0.2, 0.25) is 5.02 Å². The van der Waals surface area contributed by atoms with Crippen molar-refractivity contribution in [2.24, 2.45) is 10.7 Å². The number of halogens is 4. The number of nitrogens with two attached hydrogens (primary N) is 1. The summed E-state index contributed by atoms with van der Waals surface area (Å²) in [6.07, 6.45) is -1.10. The lowest BCUT2D eigenvalue weighted by molar-refractivity contribution is -0.141. The molecule has 0 aliphatic carbocycles. The molecule has 0 fully saturated rings. The van der Waals surface area contributed by atoms with E-state index in [1.165, 1.54) is 18.5 Å². The first-order valence-corrected chi connectivity index (χ1v) is 13.5. The van der Waals surface area contributed by atoms with E-state index in [-0.39, 0.29) is 28.2 Å². The SMILES string of the molecule is C=C(/N=C\C(=C(/N)n1ccc(C(F)(F)F)n1)c1ccc2c(c1)c(=O)c(C(=O)O)cn2CCN(C)C)Nc1ccc(C)c(Cl)c1. The van der Waals surface area contributed by atoms with Crippen LogP contribution >= 0.6 is 11.6 Å². The number of aromatic nitrogens is 3. The molecule has 10 nitrogen and oxygen atoms in total. The van der Waals surface area contributed by atoms with Gasteiger partial charge in [-0.2, -0.15) is 18.3 Å². The molecule has 4 aromatic rings. The number of anilines is 1. The Hall–Kier alpha value is -4.88. The molecule has 0 aliphatic heterocycles. The third-order valence-corrected chi connectivity index (χ3v) is 7.03. The van der Waals surface area contributed by atoms with Crippen LogP contribution in [0.4, 0.5) is 18.9 Å². The Labute approximate surface area is 255 Å². The molecule has 0 bridgehead atoms. The molecule has 2 heterocycles. The number of aliphatic imine (C=N–C) groups is 1. The van der Waals surface area contributed by atoms with Crippen LogP contribution < -0.4 is 16.5 Å². The molecule has 230 valence electrons. The fourth-order valence-corrected chi connectivity index (χ4v) is 4.42. The summed E-state index contributed by atoms with van der Waals surface area (Å²) in [6.45, 7) is 6.66. The van der Waals surface area contributed by atoms with Gasteiger partial charge in [0.25, 0.3) is 0 Å². The van der Waals surface area contributed by atoms with E-state index in [2.05, 4.69) is 22.0 Å². The number of likely N-dealkylation sites (N-methyl/N-ethyl adjacent to an activating group) is 1. The van der Waals surface area contributed by atoms with Crippen molar-refractivity contribution in [2.75, 3.05) is 26.0 Å². The van der Waals surface area contributed by atoms with Gasteiger partial charge in [-0.15, -0.1) is 0 Å². The Balaban J connectivity index is 1.86. The van der Waals surface area contributed by atoms with E-state index in [0.717, 1.165) is 22.5 Å². The average Bonchev–Trinajstić information content (AvgIpc) is 3.46. The minimum Gasteiger partial charge on any atom is -0.477 e. The number of nitrogens with one attached hydrogen (secondary N) is 1. The first-order valence-electron chi connectivity index (χ1n) is 13.1. The van der Waals surface area contributed by atoms with Crippen LogP contribution in [0.15, 0.2) is 77.0 Å². The van der Waals surface area contributed by atoms with Gasteiger partial charge in [0.1, 0.15) is 17.2 Å². The van der Waals surface area contributed by atoms with Crippen molar-refractivity contribution in [3.63, 3.8) is 0 Å². The minimum absolute atomic E-state index is 0.0718. The second-order valence-electron chi connectivity index (χ2n) is 10.1. The largest absolute Gasteiger partial charge is 0.477 e. The summed E-state index contributed by atoms with van der Waals surface area (Å²) in [6, 6.07) is 10.6. The van der Waals surface area contributed by atoms with Crippen LogP contribution in [-0.4, -0.2) is 57.2 Å². The van der Waals surface area contributed by atoms with E-state index < -0.39 is 28.8 Å². The van der Waals surface area contributed by atoms with Gasteiger partial charge in [-0.3, -0.25) is 4.79 Å². The number of allylic oxidation sites excluding steroid dienone is 1. The second-order valence-corrected chi connectivity index (χ2v) is 10.5. The molecule has 2 aromatic carbocycles. The van der Waals surface area contributed by atoms with Gasteiger partial charge in [-0.05, 0) is 62.5 Å². The molecular formula is C30H29ClF3N7O3. The van der Waals surface area contributed by atoms with Gasteiger partial charge < -0.3 is 25.6 Å². The number of fused-ring (bicyclic) bond motifs is 1. The van der Waals surface area contributed by atoms with E-state index in [9.17, 15) is 27.9 Å². The summed E-state index contributed by atoms with van der Waals surface area (Å²) in [5, 5.41) is 16.8. The Bertz CT molecular complexity index is 1870. The number of hydrogen-bond donors (Lipinski definition) is 3.